The summed E-state index contributed by atoms with van der Waals surface area (Å²) in [6.07, 6.45) is -0.717. The van der Waals surface area contributed by atoms with Crippen LogP contribution in [0.3, 0.4) is 0 Å². The Morgan fingerprint density at radius 2 is 1.47 bits per heavy atom. The second-order valence-electron chi connectivity index (χ2n) is 8.02. The lowest BCUT2D eigenvalue weighted by molar-refractivity contribution is -0.122. The molecule has 0 saturated heterocycles. The number of carbonyl (C=O) groups is 1. The van der Waals surface area contributed by atoms with Crippen molar-refractivity contribution in [3.8, 4) is 5.75 Å². The topological polar surface area (TPSA) is 84.5 Å². The van der Waals surface area contributed by atoms with Gasteiger partial charge in [0.05, 0.1) is 10.6 Å². The summed E-state index contributed by atoms with van der Waals surface area (Å²) in [7, 11) is -3.75. The van der Waals surface area contributed by atoms with Gasteiger partial charge < -0.3 is 10.1 Å². The second kappa shape index (κ2) is 9.44. The molecule has 0 radical (unpaired) electrons. The van der Waals surface area contributed by atoms with Crippen LogP contribution in [0.15, 0.2) is 65.6 Å². The number of aryl methyl sites for hydroxylation is 4. The van der Waals surface area contributed by atoms with Crippen LogP contribution in [0.4, 0.5) is 11.4 Å². The Balaban J connectivity index is 1.66. The largest absolute Gasteiger partial charge is 0.481 e. The predicted molar refractivity (Wildman–Crippen MR) is 128 cm³/mol. The van der Waals surface area contributed by atoms with E-state index in [1.807, 2.05) is 58.0 Å². The first-order valence-corrected chi connectivity index (χ1v) is 11.8. The van der Waals surface area contributed by atoms with Gasteiger partial charge in [0.2, 0.25) is 0 Å². The van der Waals surface area contributed by atoms with E-state index in [0.717, 1.165) is 22.3 Å². The number of hydrogen-bond acceptors (Lipinski definition) is 4. The third-order valence-corrected chi connectivity index (χ3v) is 6.32. The molecule has 6 nitrogen and oxygen atoms in total. The zero-order valence-electron chi connectivity index (χ0n) is 18.9. The van der Waals surface area contributed by atoms with Gasteiger partial charge in [-0.1, -0.05) is 23.8 Å². The maximum absolute atomic E-state index is 12.7. The second-order valence-corrected chi connectivity index (χ2v) is 9.70. The van der Waals surface area contributed by atoms with Gasteiger partial charge in [0.1, 0.15) is 5.75 Å². The Kier molecular flexibility index (Phi) is 6.89. The molecule has 0 heterocycles. The van der Waals surface area contributed by atoms with Gasteiger partial charge in [-0.3, -0.25) is 9.52 Å². The number of rotatable bonds is 7. The summed E-state index contributed by atoms with van der Waals surface area (Å²) in [5.41, 5.74) is 5.02. The number of hydrogen-bond donors (Lipinski definition) is 2. The summed E-state index contributed by atoms with van der Waals surface area (Å²) < 4.78 is 33.8. The molecule has 0 bridgehead atoms. The van der Waals surface area contributed by atoms with E-state index < -0.39 is 16.1 Å². The van der Waals surface area contributed by atoms with Gasteiger partial charge in [-0.2, -0.15) is 0 Å². The van der Waals surface area contributed by atoms with Crippen LogP contribution in [0.5, 0.6) is 5.75 Å². The van der Waals surface area contributed by atoms with E-state index >= 15 is 0 Å². The van der Waals surface area contributed by atoms with Crippen LogP contribution >= 0.6 is 0 Å². The molecule has 0 aliphatic heterocycles. The zero-order valence-corrected chi connectivity index (χ0v) is 19.7. The Hall–Kier alpha value is -3.32. The number of anilines is 2. The smallest absolute Gasteiger partial charge is 0.265 e. The molecule has 32 heavy (non-hydrogen) atoms. The van der Waals surface area contributed by atoms with Crippen LogP contribution in [0.25, 0.3) is 0 Å². The highest BCUT2D eigenvalue weighted by atomic mass is 32.2. The van der Waals surface area contributed by atoms with Crippen LogP contribution in [-0.4, -0.2) is 20.4 Å². The van der Waals surface area contributed by atoms with Crippen molar-refractivity contribution >= 4 is 27.3 Å². The highest BCUT2D eigenvalue weighted by Gasteiger charge is 2.18. The maximum atomic E-state index is 12.7. The number of ether oxygens (including phenoxy) is 1. The molecule has 3 aromatic carbocycles. The van der Waals surface area contributed by atoms with E-state index in [0.29, 0.717) is 17.1 Å². The number of carbonyl (C=O) groups excluding carboxylic acids is 1. The third-order valence-electron chi connectivity index (χ3n) is 4.94. The fraction of sp³-hybridized carbons (Fsp3) is 0.240. The molecule has 2 N–H and O–H groups in total. The Labute approximate surface area is 189 Å². The third kappa shape index (κ3) is 5.88. The lowest BCUT2D eigenvalue weighted by Gasteiger charge is -2.16. The molecular weight excluding hydrogens is 424 g/mol. The Bertz CT molecular complexity index is 1220. The predicted octanol–water partition coefficient (Wildman–Crippen LogP) is 5.13. The van der Waals surface area contributed by atoms with Crippen LogP contribution in [0.2, 0.25) is 0 Å². The van der Waals surface area contributed by atoms with E-state index in [1.165, 1.54) is 12.1 Å². The number of benzene rings is 3. The molecule has 3 aromatic rings. The molecule has 168 valence electrons. The number of amides is 1. The van der Waals surface area contributed by atoms with Crippen molar-refractivity contribution in [1.29, 1.82) is 0 Å². The zero-order chi connectivity index (χ0) is 23.5. The van der Waals surface area contributed by atoms with E-state index in [1.54, 1.807) is 25.1 Å². The summed E-state index contributed by atoms with van der Waals surface area (Å²) in [5.74, 6) is 0.303. The highest BCUT2D eigenvalue weighted by molar-refractivity contribution is 7.92. The van der Waals surface area contributed by atoms with Gasteiger partial charge in [-0.25, -0.2) is 8.42 Å². The van der Waals surface area contributed by atoms with Crippen molar-refractivity contribution in [3.63, 3.8) is 0 Å². The summed E-state index contributed by atoms with van der Waals surface area (Å²) in [6.45, 7) is 9.40. The van der Waals surface area contributed by atoms with Crippen molar-refractivity contribution in [2.45, 2.75) is 45.6 Å². The van der Waals surface area contributed by atoms with Gasteiger partial charge in [0.25, 0.3) is 15.9 Å². The Morgan fingerprint density at radius 1 is 0.844 bits per heavy atom. The monoisotopic (exact) mass is 452 g/mol. The molecule has 0 spiro atoms. The molecule has 1 amide bonds. The highest BCUT2D eigenvalue weighted by Crippen LogP contribution is 2.22. The van der Waals surface area contributed by atoms with Crippen LogP contribution < -0.4 is 14.8 Å². The lowest BCUT2D eigenvalue weighted by Crippen LogP contribution is -2.30. The van der Waals surface area contributed by atoms with Gasteiger partial charge >= 0.3 is 0 Å². The molecule has 7 heteroatoms. The average molecular weight is 453 g/mol. The summed E-state index contributed by atoms with van der Waals surface area (Å²) in [4.78, 5) is 12.6. The molecule has 0 saturated carbocycles. The molecule has 0 aliphatic carbocycles. The molecule has 0 aromatic heterocycles. The van der Waals surface area contributed by atoms with Gasteiger partial charge in [0.15, 0.2) is 6.10 Å². The van der Waals surface area contributed by atoms with Crippen LogP contribution in [0.1, 0.15) is 29.2 Å². The van der Waals surface area contributed by atoms with E-state index in [-0.39, 0.29) is 10.8 Å². The van der Waals surface area contributed by atoms with Gasteiger partial charge in [-0.05, 0) is 93.8 Å². The summed E-state index contributed by atoms with van der Waals surface area (Å²) >= 11 is 0. The van der Waals surface area contributed by atoms with Crippen LogP contribution in [0, 0.1) is 27.7 Å². The molecule has 3 rings (SSSR count). The van der Waals surface area contributed by atoms with E-state index in [2.05, 4.69) is 10.0 Å². The van der Waals surface area contributed by atoms with E-state index in [9.17, 15) is 13.2 Å². The average Bonchev–Trinajstić information content (AvgIpc) is 2.69. The maximum Gasteiger partial charge on any atom is 0.265 e. The molecule has 0 fully saturated rings. The minimum absolute atomic E-state index is 0.106. The minimum atomic E-state index is -3.75. The van der Waals surface area contributed by atoms with Crippen molar-refractivity contribution in [2.24, 2.45) is 0 Å². The van der Waals surface area contributed by atoms with Crippen molar-refractivity contribution in [2.75, 3.05) is 10.0 Å². The molecular formula is C25H28N2O4S. The molecule has 0 unspecified atom stereocenters. The van der Waals surface area contributed by atoms with Gasteiger partial charge in [0, 0.05) is 5.69 Å². The summed E-state index contributed by atoms with van der Waals surface area (Å²) in [6, 6.07) is 17.3. The van der Waals surface area contributed by atoms with Gasteiger partial charge in [-0.15, -0.1) is 0 Å². The lowest BCUT2D eigenvalue weighted by atomic mass is 10.1. The molecule has 0 aliphatic rings. The fourth-order valence-corrected chi connectivity index (χ4v) is 4.48. The number of nitrogens with one attached hydrogen (secondary N) is 2. The minimum Gasteiger partial charge on any atom is -0.481 e. The Morgan fingerprint density at radius 3 is 2.06 bits per heavy atom. The van der Waals surface area contributed by atoms with Crippen molar-refractivity contribution < 1.29 is 17.9 Å². The van der Waals surface area contributed by atoms with E-state index in [4.69, 9.17) is 4.74 Å². The standard InChI is InChI=1S/C25H28N2O4S/c1-16-6-11-24(19(4)13-16)27-32(29,30)23-9-7-21(8-10-23)26-25(28)20(5)31-22-14-17(2)12-18(3)15-22/h6-15,20,27H,1-5H3,(H,26,28)/t20-/m1/s1. The number of sulfonamides is 1. The summed E-state index contributed by atoms with van der Waals surface area (Å²) in [5, 5.41) is 2.76. The van der Waals surface area contributed by atoms with Crippen molar-refractivity contribution in [1.82, 2.24) is 0 Å². The fourth-order valence-electron chi connectivity index (χ4n) is 3.35. The first-order valence-electron chi connectivity index (χ1n) is 10.3. The van der Waals surface area contributed by atoms with Crippen molar-refractivity contribution in [3.05, 3.63) is 82.9 Å². The first kappa shape index (κ1) is 23.3. The quantitative estimate of drug-likeness (QED) is 0.521. The first-order chi connectivity index (χ1) is 15.0. The normalized spacial score (nSPS) is 12.2. The van der Waals surface area contributed by atoms with Crippen LogP contribution in [-0.2, 0) is 14.8 Å². The SMILES string of the molecule is Cc1cc(C)cc(O[C@H](C)C(=O)Nc2ccc(S(=O)(=O)Nc3ccc(C)cc3C)cc2)c1. The molecule has 1 atom stereocenters.